The number of hydrazone groups is 1. The number of piperidine rings is 1. The summed E-state index contributed by atoms with van der Waals surface area (Å²) in [6.45, 7) is 6.38. The van der Waals surface area contributed by atoms with Gasteiger partial charge in [-0.2, -0.15) is 5.10 Å². The highest BCUT2D eigenvalue weighted by Gasteiger charge is 2.34. The second-order valence-corrected chi connectivity index (χ2v) is 9.06. The van der Waals surface area contributed by atoms with Crippen LogP contribution in [0.1, 0.15) is 44.2 Å². The number of carboxylic acids is 1. The highest BCUT2D eigenvalue weighted by Crippen LogP contribution is 2.22. The van der Waals surface area contributed by atoms with Gasteiger partial charge in [0.25, 0.3) is 5.91 Å². The minimum atomic E-state index is -0.982. The zero-order valence-electron chi connectivity index (χ0n) is 19.6. The number of nitrogens with zero attached hydrogens (tertiary/aromatic N) is 4. The number of benzene rings is 1. The second-order valence-electron chi connectivity index (χ2n) is 9.06. The van der Waals surface area contributed by atoms with Gasteiger partial charge in [-0.1, -0.05) is 29.4 Å². The van der Waals surface area contributed by atoms with Crippen molar-refractivity contribution in [3.8, 4) is 0 Å². The Kier molecular flexibility index (Phi) is 7.79. The van der Waals surface area contributed by atoms with Gasteiger partial charge in [-0.25, -0.2) is 4.79 Å². The molecular weight excluding hydrogens is 440 g/mol. The molecule has 4 rings (SSSR count). The van der Waals surface area contributed by atoms with Gasteiger partial charge >= 0.3 is 5.97 Å². The van der Waals surface area contributed by atoms with Crippen LogP contribution in [0.15, 0.2) is 34.5 Å². The summed E-state index contributed by atoms with van der Waals surface area (Å²) in [6, 6.07) is 7.88. The molecule has 184 valence electrons. The molecule has 2 fully saturated rings. The van der Waals surface area contributed by atoms with Crippen molar-refractivity contribution in [1.29, 1.82) is 0 Å². The summed E-state index contributed by atoms with van der Waals surface area (Å²) in [5.74, 6) is -1.07. The number of oxime groups is 1. The quantitative estimate of drug-likeness (QED) is 0.601. The van der Waals surface area contributed by atoms with Crippen LogP contribution in [-0.2, 0) is 23.9 Å². The Morgan fingerprint density at radius 1 is 1.18 bits per heavy atom. The third kappa shape index (κ3) is 6.32. The fourth-order valence-electron chi connectivity index (χ4n) is 4.47. The van der Waals surface area contributed by atoms with Crippen molar-refractivity contribution in [2.24, 2.45) is 10.3 Å². The number of likely N-dealkylation sites (tertiary alicyclic amines) is 1. The normalized spacial score (nSPS) is 25.9. The standard InChI is InChI=1S/C24H32N4O6/c1-16-13-28(14-17(2)33-16)25-12-18-3-5-19(6-4-18)21-11-22(34-26-21)24(31)27-9-7-20(8-10-27)32-15-23(29)30/h3-6,12,16-17,20,22H,7-11,13-15H2,1-2H3,(H,29,30)/b25-12+. The highest BCUT2D eigenvalue weighted by molar-refractivity contribution is 6.04. The molecule has 3 aliphatic rings. The Balaban J connectivity index is 1.25. The van der Waals surface area contributed by atoms with E-state index in [4.69, 9.17) is 19.4 Å². The van der Waals surface area contributed by atoms with Gasteiger partial charge in [-0.15, -0.1) is 0 Å². The van der Waals surface area contributed by atoms with Gasteiger partial charge in [0.2, 0.25) is 6.10 Å². The Bertz CT molecular complexity index is 916. The summed E-state index contributed by atoms with van der Waals surface area (Å²) in [5.41, 5.74) is 2.65. The van der Waals surface area contributed by atoms with E-state index in [1.807, 2.05) is 49.3 Å². The molecule has 0 aliphatic carbocycles. The molecule has 2 saturated heterocycles. The monoisotopic (exact) mass is 472 g/mol. The predicted molar refractivity (Wildman–Crippen MR) is 125 cm³/mol. The van der Waals surface area contributed by atoms with E-state index in [1.165, 1.54) is 0 Å². The Morgan fingerprint density at radius 2 is 1.85 bits per heavy atom. The van der Waals surface area contributed by atoms with Crippen LogP contribution >= 0.6 is 0 Å². The zero-order chi connectivity index (χ0) is 24.1. The highest BCUT2D eigenvalue weighted by atomic mass is 16.6. The molecule has 3 unspecified atom stereocenters. The lowest BCUT2D eigenvalue weighted by atomic mass is 10.0. The van der Waals surface area contributed by atoms with Crippen LogP contribution in [-0.4, -0.2) is 96.0 Å². The van der Waals surface area contributed by atoms with E-state index in [1.54, 1.807) is 4.90 Å². The van der Waals surface area contributed by atoms with Crippen molar-refractivity contribution in [2.75, 3.05) is 32.8 Å². The zero-order valence-corrected chi connectivity index (χ0v) is 19.6. The molecule has 3 aliphatic heterocycles. The van der Waals surface area contributed by atoms with Gasteiger partial charge in [-0.05, 0) is 37.8 Å². The molecule has 0 saturated carbocycles. The van der Waals surface area contributed by atoms with Gasteiger partial charge in [0, 0.05) is 19.5 Å². The van der Waals surface area contributed by atoms with Crippen LogP contribution in [0.3, 0.4) is 0 Å². The first-order chi connectivity index (χ1) is 16.4. The Morgan fingerprint density at radius 3 is 2.50 bits per heavy atom. The number of morpholine rings is 1. The van der Waals surface area contributed by atoms with E-state index in [0.717, 1.165) is 29.9 Å². The first-order valence-corrected chi connectivity index (χ1v) is 11.8. The van der Waals surface area contributed by atoms with Crippen LogP contribution in [0.5, 0.6) is 0 Å². The summed E-state index contributed by atoms with van der Waals surface area (Å²) in [7, 11) is 0. The van der Waals surface area contributed by atoms with Gasteiger partial charge in [0.05, 0.1) is 43.3 Å². The van der Waals surface area contributed by atoms with E-state index in [9.17, 15) is 9.59 Å². The predicted octanol–water partition coefficient (Wildman–Crippen LogP) is 1.71. The first-order valence-electron chi connectivity index (χ1n) is 11.8. The lowest BCUT2D eigenvalue weighted by Crippen LogP contribution is -2.45. The molecule has 1 aromatic carbocycles. The lowest BCUT2D eigenvalue weighted by molar-refractivity contribution is -0.149. The number of carbonyl (C=O) groups excluding carboxylic acids is 1. The van der Waals surface area contributed by atoms with E-state index >= 15 is 0 Å². The number of rotatable bonds is 7. The largest absolute Gasteiger partial charge is 0.480 e. The Labute approximate surface area is 199 Å². The number of ether oxygens (including phenoxy) is 2. The van der Waals surface area contributed by atoms with Gasteiger partial charge in [0.15, 0.2) is 0 Å². The van der Waals surface area contributed by atoms with Crippen molar-refractivity contribution in [3.63, 3.8) is 0 Å². The maximum absolute atomic E-state index is 12.8. The average molecular weight is 473 g/mol. The average Bonchev–Trinajstić information content (AvgIpc) is 3.31. The fourth-order valence-corrected chi connectivity index (χ4v) is 4.47. The summed E-state index contributed by atoms with van der Waals surface area (Å²) in [6.07, 6.45) is 3.07. The van der Waals surface area contributed by atoms with Crippen LogP contribution in [0.25, 0.3) is 0 Å². The molecule has 1 aromatic rings. The first kappa shape index (κ1) is 24.2. The molecule has 0 spiro atoms. The van der Waals surface area contributed by atoms with E-state index < -0.39 is 12.1 Å². The smallest absolute Gasteiger partial charge is 0.329 e. The van der Waals surface area contributed by atoms with Crippen LogP contribution in [0.2, 0.25) is 0 Å². The minimum Gasteiger partial charge on any atom is -0.480 e. The minimum absolute atomic E-state index is 0.0897. The molecule has 34 heavy (non-hydrogen) atoms. The Hall–Kier alpha value is -2.98. The molecule has 10 nitrogen and oxygen atoms in total. The number of aliphatic carboxylic acids is 1. The number of amides is 1. The van der Waals surface area contributed by atoms with Gasteiger partial charge in [-0.3, -0.25) is 9.80 Å². The number of carbonyl (C=O) groups is 2. The SMILES string of the molecule is CC1CN(/N=C/c2ccc(C3=NOC(C(=O)N4CCC(OCC(=O)O)CC4)C3)cc2)CC(C)O1. The molecule has 0 bridgehead atoms. The lowest BCUT2D eigenvalue weighted by Gasteiger charge is -2.33. The molecule has 1 amide bonds. The molecule has 10 heteroatoms. The molecule has 1 N–H and O–H groups in total. The fraction of sp³-hybridized carbons (Fsp3) is 0.583. The topological polar surface area (TPSA) is 113 Å². The van der Waals surface area contributed by atoms with Crippen molar-refractivity contribution in [1.82, 2.24) is 9.91 Å². The second kappa shape index (κ2) is 11.0. The van der Waals surface area contributed by atoms with Gasteiger partial charge in [0.1, 0.15) is 6.61 Å². The van der Waals surface area contributed by atoms with Crippen molar-refractivity contribution >= 4 is 23.8 Å². The third-order valence-electron chi connectivity index (χ3n) is 6.15. The summed E-state index contributed by atoms with van der Waals surface area (Å²) in [4.78, 5) is 30.7. The maximum atomic E-state index is 12.8. The van der Waals surface area contributed by atoms with Crippen LogP contribution in [0.4, 0.5) is 0 Å². The van der Waals surface area contributed by atoms with E-state index in [-0.39, 0.29) is 30.8 Å². The van der Waals surface area contributed by atoms with Crippen molar-refractivity contribution in [3.05, 3.63) is 35.4 Å². The summed E-state index contributed by atoms with van der Waals surface area (Å²) >= 11 is 0. The number of hydrogen-bond acceptors (Lipinski definition) is 8. The molecule has 0 aromatic heterocycles. The third-order valence-corrected chi connectivity index (χ3v) is 6.15. The molecule has 3 heterocycles. The van der Waals surface area contributed by atoms with E-state index in [0.29, 0.717) is 32.4 Å². The van der Waals surface area contributed by atoms with Gasteiger partial charge < -0.3 is 24.3 Å². The van der Waals surface area contributed by atoms with Crippen LogP contribution < -0.4 is 0 Å². The van der Waals surface area contributed by atoms with E-state index in [2.05, 4.69) is 10.3 Å². The summed E-state index contributed by atoms with van der Waals surface area (Å²) in [5, 5.41) is 19.5. The number of carboxylic acid groups (broad SMARTS) is 1. The summed E-state index contributed by atoms with van der Waals surface area (Å²) < 4.78 is 11.1. The van der Waals surface area contributed by atoms with Crippen LogP contribution in [0, 0.1) is 0 Å². The van der Waals surface area contributed by atoms with Crippen molar-refractivity contribution in [2.45, 2.75) is 57.5 Å². The molecular formula is C24H32N4O6. The molecule has 3 atom stereocenters. The number of hydrogen-bond donors (Lipinski definition) is 1. The maximum Gasteiger partial charge on any atom is 0.329 e. The molecule has 0 radical (unpaired) electrons. The van der Waals surface area contributed by atoms with Crippen molar-refractivity contribution < 1.29 is 29.0 Å².